The molecule has 0 bridgehead atoms. The first-order chi connectivity index (χ1) is 14.1. The van der Waals surface area contributed by atoms with Gasteiger partial charge in [-0.15, -0.1) is 0 Å². The van der Waals surface area contributed by atoms with Gasteiger partial charge >= 0.3 is 12.1 Å². The minimum atomic E-state index is -4.43. The molecule has 11 heteroatoms. The van der Waals surface area contributed by atoms with Crippen molar-refractivity contribution in [3.8, 4) is 0 Å². The summed E-state index contributed by atoms with van der Waals surface area (Å²) in [6, 6.07) is 7.89. The van der Waals surface area contributed by atoms with Gasteiger partial charge in [0.05, 0.1) is 18.7 Å². The van der Waals surface area contributed by atoms with Crippen LogP contribution in [-0.4, -0.2) is 36.5 Å². The van der Waals surface area contributed by atoms with E-state index in [-0.39, 0.29) is 31.0 Å². The second-order valence-corrected chi connectivity index (χ2v) is 6.57. The number of hydrogen-bond donors (Lipinski definition) is 2. The maximum Gasteiger partial charge on any atom is 0.416 e. The lowest BCUT2D eigenvalue weighted by Gasteiger charge is -2.09. The van der Waals surface area contributed by atoms with Gasteiger partial charge in [-0.1, -0.05) is 12.1 Å². The third kappa shape index (κ3) is 5.04. The summed E-state index contributed by atoms with van der Waals surface area (Å²) >= 11 is 0. The van der Waals surface area contributed by atoms with Gasteiger partial charge in [0.25, 0.3) is 0 Å². The standard InChI is InChI=1S/C19H18F3N5O3/c1-12-9-16(24-17(28)6-8-26-15(18(29)30)5-7-23-26)25-27(12)11-13-3-2-4-14(10-13)19(20,21)22/h2-5,7,9-10H,6,8,11H2,1H3,(H,29,30)(H,24,25,28). The fourth-order valence-corrected chi connectivity index (χ4v) is 2.86. The lowest BCUT2D eigenvalue weighted by atomic mass is 10.1. The van der Waals surface area contributed by atoms with E-state index in [0.29, 0.717) is 11.3 Å². The van der Waals surface area contributed by atoms with E-state index in [9.17, 15) is 22.8 Å². The summed E-state index contributed by atoms with van der Waals surface area (Å²) in [5, 5.41) is 19.7. The van der Waals surface area contributed by atoms with E-state index in [4.69, 9.17) is 5.11 Å². The maximum absolute atomic E-state index is 12.9. The van der Waals surface area contributed by atoms with Crippen LogP contribution in [0.15, 0.2) is 42.6 Å². The molecule has 3 rings (SSSR count). The zero-order chi connectivity index (χ0) is 21.9. The first-order valence-electron chi connectivity index (χ1n) is 8.89. The summed E-state index contributed by atoms with van der Waals surface area (Å²) in [5.41, 5.74) is 0.318. The van der Waals surface area contributed by atoms with Gasteiger partial charge in [0, 0.05) is 24.4 Å². The fraction of sp³-hybridized carbons (Fsp3) is 0.263. The number of anilines is 1. The molecular formula is C19H18F3N5O3. The highest BCUT2D eigenvalue weighted by molar-refractivity contribution is 5.90. The number of aryl methyl sites for hydroxylation is 2. The zero-order valence-electron chi connectivity index (χ0n) is 15.8. The number of alkyl halides is 3. The third-order valence-corrected chi connectivity index (χ3v) is 4.32. The molecule has 0 atom stereocenters. The van der Waals surface area contributed by atoms with E-state index in [2.05, 4.69) is 15.5 Å². The SMILES string of the molecule is Cc1cc(NC(=O)CCn2nccc2C(=O)O)nn1Cc1cccc(C(F)(F)F)c1. The predicted molar refractivity (Wildman–Crippen MR) is 99.9 cm³/mol. The Bertz CT molecular complexity index is 1070. The number of nitrogens with one attached hydrogen (secondary N) is 1. The molecule has 2 heterocycles. The molecule has 2 N–H and O–H groups in total. The molecule has 0 saturated carbocycles. The molecular weight excluding hydrogens is 403 g/mol. The van der Waals surface area contributed by atoms with E-state index < -0.39 is 23.6 Å². The van der Waals surface area contributed by atoms with Crippen LogP contribution in [0.1, 0.15) is 33.7 Å². The van der Waals surface area contributed by atoms with Gasteiger partial charge < -0.3 is 10.4 Å². The zero-order valence-corrected chi connectivity index (χ0v) is 15.8. The molecule has 0 fully saturated rings. The van der Waals surface area contributed by atoms with Crippen molar-refractivity contribution in [2.24, 2.45) is 0 Å². The molecule has 0 aliphatic carbocycles. The number of amides is 1. The number of carbonyl (C=O) groups excluding carboxylic acids is 1. The van der Waals surface area contributed by atoms with Crippen molar-refractivity contribution in [1.29, 1.82) is 0 Å². The molecule has 2 aromatic heterocycles. The number of aromatic carboxylic acids is 1. The van der Waals surface area contributed by atoms with E-state index >= 15 is 0 Å². The largest absolute Gasteiger partial charge is 0.477 e. The number of carboxylic acid groups (broad SMARTS) is 1. The molecule has 0 radical (unpaired) electrons. The first-order valence-corrected chi connectivity index (χ1v) is 8.89. The molecule has 8 nitrogen and oxygen atoms in total. The summed E-state index contributed by atoms with van der Waals surface area (Å²) < 4.78 is 41.3. The lowest BCUT2D eigenvalue weighted by molar-refractivity contribution is -0.137. The second kappa shape index (κ2) is 8.39. The van der Waals surface area contributed by atoms with Gasteiger partial charge in [0.2, 0.25) is 5.91 Å². The summed E-state index contributed by atoms with van der Waals surface area (Å²) in [7, 11) is 0. The van der Waals surface area contributed by atoms with Crippen LogP contribution >= 0.6 is 0 Å². The molecule has 1 aromatic carbocycles. The Morgan fingerprint density at radius 1 is 1.17 bits per heavy atom. The van der Waals surface area contributed by atoms with Crippen molar-refractivity contribution in [2.75, 3.05) is 5.32 Å². The summed E-state index contributed by atoms with van der Waals surface area (Å²) in [5.74, 6) is -1.29. The quantitative estimate of drug-likeness (QED) is 0.610. The molecule has 3 aromatic rings. The van der Waals surface area contributed by atoms with Gasteiger partial charge in [-0.25, -0.2) is 4.79 Å². The van der Waals surface area contributed by atoms with Crippen molar-refractivity contribution in [3.05, 3.63) is 65.1 Å². The highest BCUT2D eigenvalue weighted by atomic mass is 19.4. The van der Waals surface area contributed by atoms with Crippen LogP contribution in [0.4, 0.5) is 19.0 Å². The predicted octanol–water partition coefficient (Wildman–Crippen LogP) is 3.18. The summed E-state index contributed by atoms with van der Waals surface area (Å²) in [6.07, 6.45) is -3.12. The van der Waals surface area contributed by atoms with E-state index in [1.54, 1.807) is 19.1 Å². The molecule has 0 spiro atoms. The molecule has 0 saturated heterocycles. The lowest BCUT2D eigenvalue weighted by Crippen LogP contribution is -2.18. The number of aromatic nitrogens is 4. The Morgan fingerprint density at radius 2 is 1.93 bits per heavy atom. The third-order valence-electron chi connectivity index (χ3n) is 4.32. The second-order valence-electron chi connectivity index (χ2n) is 6.57. The van der Waals surface area contributed by atoms with Gasteiger partial charge in [0.1, 0.15) is 5.69 Å². The monoisotopic (exact) mass is 421 g/mol. The van der Waals surface area contributed by atoms with E-state index in [1.807, 2.05) is 0 Å². The van der Waals surface area contributed by atoms with Crippen LogP contribution in [0.5, 0.6) is 0 Å². The van der Waals surface area contributed by atoms with E-state index in [1.165, 1.54) is 27.7 Å². The van der Waals surface area contributed by atoms with Crippen LogP contribution in [0, 0.1) is 6.92 Å². The van der Waals surface area contributed by atoms with Gasteiger partial charge in [0.15, 0.2) is 5.82 Å². The van der Waals surface area contributed by atoms with Crippen LogP contribution < -0.4 is 5.32 Å². The number of nitrogens with zero attached hydrogens (tertiary/aromatic N) is 4. The average molecular weight is 421 g/mol. The Morgan fingerprint density at radius 3 is 2.63 bits per heavy atom. The molecule has 0 unspecified atom stereocenters. The minimum Gasteiger partial charge on any atom is -0.477 e. The van der Waals surface area contributed by atoms with Crippen molar-refractivity contribution in [2.45, 2.75) is 32.6 Å². The van der Waals surface area contributed by atoms with Crippen molar-refractivity contribution < 1.29 is 27.9 Å². The Hall–Kier alpha value is -3.63. The van der Waals surface area contributed by atoms with Crippen molar-refractivity contribution >= 4 is 17.7 Å². The van der Waals surface area contributed by atoms with Crippen LogP contribution in [-0.2, 0) is 24.1 Å². The number of carboxylic acids is 1. The number of halogens is 3. The maximum atomic E-state index is 12.9. The van der Waals surface area contributed by atoms with E-state index in [0.717, 1.165) is 12.1 Å². The van der Waals surface area contributed by atoms with Crippen LogP contribution in [0.2, 0.25) is 0 Å². The highest BCUT2D eigenvalue weighted by Crippen LogP contribution is 2.29. The normalized spacial score (nSPS) is 11.5. The molecule has 1 amide bonds. The Labute approximate surface area is 168 Å². The van der Waals surface area contributed by atoms with Crippen LogP contribution in [0.3, 0.4) is 0 Å². The highest BCUT2D eigenvalue weighted by Gasteiger charge is 2.30. The van der Waals surface area contributed by atoms with Crippen molar-refractivity contribution in [1.82, 2.24) is 19.6 Å². The number of rotatable bonds is 7. The number of benzene rings is 1. The topological polar surface area (TPSA) is 102 Å². The molecule has 158 valence electrons. The van der Waals surface area contributed by atoms with Crippen molar-refractivity contribution in [3.63, 3.8) is 0 Å². The summed E-state index contributed by atoms with van der Waals surface area (Å²) in [6.45, 7) is 1.91. The number of hydrogen-bond acceptors (Lipinski definition) is 4. The van der Waals surface area contributed by atoms with Gasteiger partial charge in [-0.05, 0) is 30.7 Å². The molecule has 0 aliphatic heterocycles. The molecule has 30 heavy (non-hydrogen) atoms. The Kier molecular flexibility index (Phi) is 5.90. The van der Waals surface area contributed by atoms with Gasteiger partial charge in [-0.2, -0.15) is 23.4 Å². The number of carbonyl (C=O) groups is 2. The Balaban J connectivity index is 1.62. The van der Waals surface area contributed by atoms with Gasteiger partial charge in [-0.3, -0.25) is 14.2 Å². The fourth-order valence-electron chi connectivity index (χ4n) is 2.86. The summed E-state index contributed by atoms with van der Waals surface area (Å²) in [4.78, 5) is 23.2. The smallest absolute Gasteiger partial charge is 0.416 e. The molecule has 0 aliphatic rings. The minimum absolute atomic E-state index is 0.0241. The van der Waals surface area contributed by atoms with Crippen LogP contribution in [0.25, 0.3) is 0 Å². The average Bonchev–Trinajstić information content (AvgIpc) is 3.26. The first kappa shape index (κ1) is 21.1.